The number of methoxy groups -OCH3 is 1. The number of rotatable bonds is 4. The summed E-state index contributed by atoms with van der Waals surface area (Å²) in [7, 11) is 1.50. The number of ether oxygens (including phenoxy) is 1. The maximum absolute atomic E-state index is 14.4. The van der Waals surface area contributed by atoms with Gasteiger partial charge in [-0.25, -0.2) is 23.7 Å². The molecule has 5 rings (SSSR count). The quantitative estimate of drug-likeness (QED) is 0.383. The minimum absolute atomic E-state index is 0.00700. The Hall–Kier alpha value is -4.68. The van der Waals surface area contributed by atoms with Crippen molar-refractivity contribution < 1.29 is 13.5 Å². The van der Waals surface area contributed by atoms with Gasteiger partial charge in [0, 0.05) is 11.6 Å². The summed E-state index contributed by atoms with van der Waals surface area (Å²) in [6, 6.07) is 7.09. The van der Waals surface area contributed by atoms with Crippen LogP contribution in [0, 0.1) is 11.6 Å². The standard InChI is InChI=1S/C19H14F2N10O/c1-32-14-6-11-10(26-19(23)27-11)5-8(14)12-7-24-17(22)16(25-12)18-28-29-30-31(18)13-4-2-3-9(20)15(13)21/h2-7H,1H3,(H2,22,24)(H3,23,26,27). The van der Waals surface area contributed by atoms with Gasteiger partial charge in [-0.3, -0.25) is 0 Å². The fourth-order valence-electron chi connectivity index (χ4n) is 3.27. The van der Waals surface area contributed by atoms with Crippen LogP contribution in [0.3, 0.4) is 0 Å². The first-order chi connectivity index (χ1) is 15.5. The maximum atomic E-state index is 14.4. The van der Waals surface area contributed by atoms with E-state index in [0.29, 0.717) is 28.0 Å². The Kier molecular flexibility index (Phi) is 4.36. The van der Waals surface area contributed by atoms with Crippen LogP contribution in [0.15, 0.2) is 36.5 Å². The zero-order valence-electron chi connectivity index (χ0n) is 16.4. The Morgan fingerprint density at radius 2 is 1.97 bits per heavy atom. The van der Waals surface area contributed by atoms with Crippen LogP contribution in [0.2, 0.25) is 0 Å². The monoisotopic (exact) mass is 436 g/mol. The second-order valence-electron chi connectivity index (χ2n) is 6.67. The lowest BCUT2D eigenvalue weighted by molar-refractivity contribution is 0.417. The molecule has 0 fully saturated rings. The van der Waals surface area contributed by atoms with Gasteiger partial charge in [0.1, 0.15) is 11.4 Å². The van der Waals surface area contributed by atoms with E-state index in [4.69, 9.17) is 16.2 Å². The average molecular weight is 436 g/mol. The van der Waals surface area contributed by atoms with E-state index in [-0.39, 0.29) is 29.0 Å². The molecule has 0 saturated heterocycles. The van der Waals surface area contributed by atoms with Crippen molar-refractivity contribution in [2.45, 2.75) is 0 Å². The molecule has 0 atom stereocenters. The molecule has 0 bridgehead atoms. The molecule has 0 saturated carbocycles. The van der Waals surface area contributed by atoms with Crippen molar-refractivity contribution in [2.75, 3.05) is 18.6 Å². The van der Waals surface area contributed by atoms with Crippen molar-refractivity contribution in [3.63, 3.8) is 0 Å². The third kappa shape index (κ3) is 3.03. The van der Waals surface area contributed by atoms with E-state index in [9.17, 15) is 8.78 Å². The highest BCUT2D eigenvalue weighted by Crippen LogP contribution is 2.34. The van der Waals surface area contributed by atoms with Crippen LogP contribution in [0.4, 0.5) is 20.5 Å². The Bertz CT molecular complexity index is 1480. The summed E-state index contributed by atoms with van der Waals surface area (Å²) in [4.78, 5) is 15.8. The molecule has 3 aromatic heterocycles. The van der Waals surface area contributed by atoms with E-state index >= 15 is 0 Å². The van der Waals surface area contributed by atoms with Gasteiger partial charge in [-0.1, -0.05) is 6.07 Å². The molecule has 5 aromatic rings. The lowest BCUT2D eigenvalue weighted by atomic mass is 10.1. The Morgan fingerprint density at radius 3 is 2.78 bits per heavy atom. The minimum atomic E-state index is -1.12. The van der Waals surface area contributed by atoms with Crippen LogP contribution < -0.4 is 16.2 Å². The first-order valence-electron chi connectivity index (χ1n) is 9.15. The molecule has 0 spiro atoms. The molecular formula is C19H14F2N10O. The molecule has 0 aliphatic heterocycles. The lowest BCUT2D eigenvalue weighted by Crippen LogP contribution is -2.07. The lowest BCUT2D eigenvalue weighted by Gasteiger charge is -2.11. The van der Waals surface area contributed by atoms with Gasteiger partial charge in [0.2, 0.25) is 5.82 Å². The van der Waals surface area contributed by atoms with Crippen LogP contribution in [0.5, 0.6) is 5.75 Å². The minimum Gasteiger partial charge on any atom is -0.496 e. The highest BCUT2D eigenvalue weighted by molar-refractivity contribution is 5.87. The van der Waals surface area contributed by atoms with E-state index in [1.807, 2.05) is 0 Å². The maximum Gasteiger partial charge on any atom is 0.209 e. The summed E-state index contributed by atoms with van der Waals surface area (Å²) >= 11 is 0. The number of nitrogens with two attached hydrogens (primary N) is 2. The number of anilines is 2. The van der Waals surface area contributed by atoms with E-state index in [2.05, 4.69) is 35.5 Å². The van der Waals surface area contributed by atoms with Gasteiger partial charge < -0.3 is 21.2 Å². The Labute approximate surface area is 178 Å². The second kappa shape index (κ2) is 7.23. The van der Waals surface area contributed by atoms with E-state index in [0.717, 1.165) is 10.7 Å². The number of hydrogen-bond acceptors (Lipinski definition) is 9. The fourth-order valence-corrected chi connectivity index (χ4v) is 3.27. The molecule has 13 heteroatoms. The number of benzene rings is 2. The van der Waals surface area contributed by atoms with Gasteiger partial charge in [-0.05, 0) is 28.6 Å². The van der Waals surface area contributed by atoms with Crippen LogP contribution in [0.1, 0.15) is 0 Å². The summed E-state index contributed by atoms with van der Waals surface area (Å²) in [5.74, 6) is -1.48. The van der Waals surface area contributed by atoms with E-state index in [1.165, 1.54) is 25.4 Å². The summed E-state index contributed by atoms with van der Waals surface area (Å²) in [5, 5.41) is 11.2. The largest absolute Gasteiger partial charge is 0.496 e. The van der Waals surface area contributed by atoms with Gasteiger partial charge in [0.05, 0.1) is 30.0 Å². The van der Waals surface area contributed by atoms with Crippen LogP contribution in [-0.2, 0) is 0 Å². The molecule has 3 heterocycles. The molecule has 11 nitrogen and oxygen atoms in total. The highest BCUT2D eigenvalue weighted by Gasteiger charge is 2.21. The number of nitrogens with zero attached hydrogens (tertiary/aromatic N) is 7. The first-order valence-corrected chi connectivity index (χ1v) is 9.15. The summed E-state index contributed by atoms with van der Waals surface area (Å²) in [6.07, 6.45) is 1.44. The average Bonchev–Trinajstić information content (AvgIpc) is 3.40. The number of halogens is 2. The number of H-pyrrole nitrogens is 1. The van der Waals surface area contributed by atoms with Gasteiger partial charge in [0.15, 0.2) is 29.1 Å². The molecule has 0 aliphatic carbocycles. The number of hydrogen-bond donors (Lipinski definition) is 3. The van der Waals surface area contributed by atoms with Crippen LogP contribution in [0.25, 0.3) is 39.5 Å². The van der Waals surface area contributed by atoms with E-state index < -0.39 is 11.6 Å². The number of aromatic amines is 1. The SMILES string of the molecule is COc1cc2nc(N)[nH]c2cc1-c1cnc(N)c(-c2nnnn2-c2cccc(F)c2F)n1. The van der Waals surface area contributed by atoms with Crippen LogP contribution in [-0.4, -0.2) is 47.3 Å². The van der Waals surface area contributed by atoms with Gasteiger partial charge in [-0.2, -0.15) is 4.68 Å². The number of aromatic nitrogens is 8. The van der Waals surface area contributed by atoms with Gasteiger partial charge in [-0.15, -0.1) is 5.10 Å². The number of fused-ring (bicyclic) bond motifs is 1. The first kappa shape index (κ1) is 19.3. The zero-order chi connectivity index (χ0) is 22.4. The normalized spacial score (nSPS) is 11.2. The topological polar surface area (TPSA) is 159 Å². The van der Waals surface area contributed by atoms with Crippen molar-refractivity contribution in [3.05, 3.63) is 48.2 Å². The second-order valence-corrected chi connectivity index (χ2v) is 6.67. The molecule has 5 N–H and O–H groups in total. The molecule has 0 aliphatic rings. The summed E-state index contributed by atoms with van der Waals surface area (Å²) in [6.45, 7) is 0. The van der Waals surface area contributed by atoms with Gasteiger partial charge >= 0.3 is 0 Å². The Balaban J connectivity index is 1.68. The van der Waals surface area contributed by atoms with Crippen molar-refractivity contribution in [3.8, 4) is 34.2 Å². The predicted molar refractivity (Wildman–Crippen MR) is 111 cm³/mol. The number of imidazole rings is 1. The molecular weight excluding hydrogens is 422 g/mol. The smallest absolute Gasteiger partial charge is 0.209 e. The molecule has 160 valence electrons. The van der Waals surface area contributed by atoms with Crippen molar-refractivity contribution >= 4 is 22.8 Å². The Morgan fingerprint density at radius 1 is 1.12 bits per heavy atom. The van der Waals surface area contributed by atoms with Crippen molar-refractivity contribution in [2.24, 2.45) is 0 Å². The van der Waals surface area contributed by atoms with Crippen LogP contribution >= 0.6 is 0 Å². The zero-order valence-corrected chi connectivity index (χ0v) is 16.4. The predicted octanol–water partition coefficient (Wildman–Crippen LogP) is 2.11. The van der Waals surface area contributed by atoms with E-state index in [1.54, 1.807) is 12.1 Å². The van der Waals surface area contributed by atoms with Crippen molar-refractivity contribution in [1.82, 2.24) is 40.1 Å². The number of nitrogen functional groups attached to an aromatic ring is 2. The summed E-state index contributed by atoms with van der Waals surface area (Å²) in [5.41, 5.74) is 13.8. The fraction of sp³-hybridized carbons (Fsp3) is 0.0526. The molecule has 0 unspecified atom stereocenters. The van der Waals surface area contributed by atoms with Crippen molar-refractivity contribution in [1.29, 1.82) is 0 Å². The molecule has 0 radical (unpaired) electrons. The highest BCUT2D eigenvalue weighted by atomic mass is 19.2. The van der Waals surface area contributed by atoms with Gasteiger partial charge in [0.25, 0.3) is 0 Å². The number of nitrogens with one attached hydrogen (secondary N) is 1. The third-order valence-corrected chi connectivity index (χ3v) is 4.74. The number of tetrazole rings is 1. The molecule has 2 aromatic carbocycles. The molecule has 32 heavy (non-hydrogen) atoms. The molecule has 0 amide bonds. The third-order valence-electron chi connectivity index (χ3n) is 4.74. The summed E-state index contributed by atoms with van der Waals surface area (Å²) < 4.78 is 34.6.